The molecule has 1 aromatic carbocycles. The molecule has 16 heavy (non-hydrogen) atoms. The van der Waals surface area contributed by atoms with Crippen LogP contribution in [0.4, 0.5) is 18.6 Å². The van der Waals surface area contributed by atoms with Crippen molar-refractivity contribution in [3.63, 3.8) is 0 Å². The Morgan fingerprint density at radius 1 is 1.31 bits per heavy atom. The number of benzene rings is 1. The van der Waals surface area contributed by atoms with Crippen molar-refractivity contribution in [2.24, 2.45) is 0 Å². The second-order valence-corrected chi connectivity index (χ2v) is 3.81. The van der Waals surface area contributed by atoms with Crippen molar-refractivity contribution < 1.29 is 69.3 Å². The molecule has 1 aromatic rings. The fourth-order valence-electron chi connectivity index (χ4n) is 0.914. The van der Waals surface area contributed by atoms with Crippen LogP contribution in [0.15, 0.2) is 29.2 Å². The molecule has 0 bridgehead atoms. The quantitative estimate of drug-likeness (QED) is 0.338. The molecule has 0 saturated carbocycles. The largest absolute Gasteiger partial charge is 1.00 e. The Labute approximate surface area is 137 Å². The van der Waals surface area contributed by atoms with Gasteiger partial charge in [-0.15, -0.1) is 11.8 Å². The molecule has 0 N–H and O–H groups in total. The predicted molar refractivity (Wildman–Crippen MR) is 52.9 cm³/mol. The predicted octanol–water partition coefficient (Wildman–Crippen LogP) is 0.0775. The summed E-state index contributed by atoms with van der Waals surface area (Å²) < 4.78 is 35.8. The molecule has 0 aromatic heterocycles. The molecule has 9 heteroatoms. The standard InChI is InChI=1S/C7H6BF3NO2S.K/c9-8(10,11)5-15-7-4-2-1-3-6(7)12(13)14;/h1-4H,5H2;/q-1;+1. The average Bonchev–Trinajstić information content (AvgIpc) is 2.14. The minimum atomic E-state index is -4.92. The maximum absolute atomic E-state index is 11.9. The monoisotopic (exact) mass is 275 g/mol. The van der Waals surface area contributed by atoms with Crippen LogP contribution in [-0.2, 0) is 0 Å². The Morgan fingerprint density at radius 3 is 2.38 bits per heavy atom. The SMILES string of the molecule is O=[N+]([O-])c1ccccc1SC[B-](F)(F)F.[K+]. The van der Waals surface area contributed by atoms with Crippen LogP contribution in [0, 0.1) is 10.1 Å². The summed E-state index contributed by atoms with van der Waals surface area (Å²) in [5, 5.41) is 10.5. The van der Waals surface area contributed by atoms with Crippen LogP contribution >= 0.6 is 11.8 Å². The number of nitro benzene ring substituents is 1. The van der Waals surface area contributed by atoms with Gasteiger partial charge in [0, 0.05) is 6.07 Å². The second kappa shape index (κ2) is 7.02. The molecule has 0 fully saturated rings. The van der Waals surface area contributed by atoms with Crippen molar-refractivity contribution in [1.29, 1.82) is 0 Å². The van der Waals surface area contributed by atoms with Crippen molar-refractivity contribution >= 4 is 24.4 Å². The van der Waals surface area contributed by atoms with Crippen molar-refractivity contribution in [3.8, 4) is 0 Å². The number of para-hydroxylation sites is 1. The minimum Gasteiger partial charge on any atom is -0.448 e. The maximum atomic E-state index is 11.9. The summed E-state index contributed by atoms with van der Waals surface area (Å²) in [7, 11) is 0. The van der Waals surface area contributed by atoms with Crippen molar-refractivity contribution in [3.05, 3.63) is 34.4 Å². The number of nitrogens with zero attached hydrogens (tertiary/aromatic N) is 1. The van der Waals surface area contributed by atoms with Crippen LogP contribution in [0.1, 0.15) is 0 Å². The van der Waals surface area contributed by atoms with Gasteiger partial charge in [0.15, 0.2) is 0 Å². The minimum absolute atomic E-state index is 0. The molecule has 0 radical (unpaired) electrons. The third-order valence-corrected chi connectivity index (χ3v) is 2.69. The topological polar surface area (TPSA) is 43.1 Å². The molecule has 0 aliphatic heterocycles. The van der Waals surface area contributed by atoms with E-state index < -0.39 is 17.6 Å². The Balaban J connectivity index is 0.00000225. The number of halogens is 3. The Morgan fingerprint density at radius 2 is 1.88 bits per heavy atom. The molecule has 1 rings (SSSR count). The summed E-state index contributed by atoms with van der Waals surface area (Å²) in [6.45, 7) is -4.92. The van der Waals surface area contributed by atoms with E-state index in [-0.39, 0.29) is 62.0 Å². The molecule has 0 amide bonds. The summed E-state index contributed by atoms with van der Waals surface area (Å²) in [5.74, 6) is 0. The third kappa shape index (κ3) is 5.69. The van der Waals surface area contributed by atoms with Gasteiger partial charge < -0.3 is 12.9 Å². The number of thioether (sulfide) groups is 1. The molecule has 0 aliphatic carbocycles. The van der Waals surface area contributed by atoms with E-state index in [1.807, 2.05) is 0 Å². The molecular formula is C7H6BF3KNO2S. The summed E-state index contributed by atoms with van der Waals surface area (Å²) in [5.41, 5.74) is -1.35. The Bertz CT molecular complexity index is 377. The fourth-order valence-corrected chi connectivity index (χ4v) is 1.75. The molecule has 0 unspecified atom stereocenters. The van der Waals surface area contributed by atoms with E-state index in [2.05, 4.69) is 0 Å². The molecule has 0 saturated heterocycles. The van der Waals surface area contributed by atoms with Gasteiger partial charge in [-0.3, -0.25) is 10.1 Å². The van der Waals surface area contributed by atoms with Gasteiger partial charge in [0.05, 0.1) is 9.82 Å². The van der Waals surface area contributed by atoms with Crippen LogP contribution in [0.5, 0.6) is 0 Å². The van der Waals surface area contributed by atoms with Crippen molar-refractivity contribution in [1.82, 2.24) is 0 Å². The molecule has 0 aliphatic rings. The van der Waals surface area contributed by atoms with Gasteiger partial charge in [0.25, 0.3) is 5.69 Å². The number of hydrogen-bond donors (Lipinski definition) is 0. The van der Waals surface area contributed by atoms with Crippen LogP contribution < -0.4 is 51.4 Å². The molecule has 82 valence electrons. The maximum Gasteiger partial charge on any atom is 1.00 e. The first-order chi connectivity index (χ1) is 6.90. The molecule has 0 atom stereocenters. The van der Waals surface area contributed by atoms with Gasteiger partial charge in [-0.1, -0.05) is 12.1 Å². The van der Waals surface area contributed by atoms with E-state index in [0.717, 1.165) is 0 Å². The zero-order valence-electron chi connectivity index (χ0n) is 8.40. The van der Waals surface area contributed by atoms with Gasteiger partial charge >= 0.3 is 58.4 Å². The number of hydrogen-bond acceptors (Lipinski definition) is 3. The van der Waals surface area contributed by atoms with Crippen LogP contribution in [0.25, 0.3) is 0 Å². The van der Waals surface area contributed by atoms with E-state index >= 15 is 0 Å². The first-order valence-electron chi connectivity index (χ1n) is 3.97. The Hall–Kier alpha value is 0.461. The number of rotatable bonds is 4. The van der Waals surface area contributed by atoms with E-state index in [1.54, 1.807) is 0 Å². The summed E-state index contributed by atoms with van der Waals surface area (Å²) in [6, 6.07) is 5.38. The van der Waals surface area contributed by atoms with Crippen molar-refractivity contribution in [2.45, 2.75) is 4.90 Å². The normalized spacial score (nSPS) is 10.7. The first-order valence-corrected chi connectivity index (χ1v) is 4.96. The zero-order valence-corrected chi connectivity index (χ0v) is 12.3. The molecule has 0 heterocycles. The first kappa shape index (κ1) is 16.5. The third-order valence-electron chi connectivity index (χ3n) is 1.49. The zero-order chi connectivity index (χ0) is 11.5. The Kier molecular flexibility index (Phi) is 7.22. The van der Waals surface area contributed by atoms with E-state index in [0.29, 0.717) is 11.8 Å². The van der Waals surface area contributed by atoms with E-state index in [9.17, 15) is 23.1 Å². The van der Waals surface area contributed by atoms with Gasteiger partial charge in [-0.05, 0) is 11.7 Å². The molecule has 0 spiro atoms. The van der Waals surface area contributed by atoms with Gasteiger partial charge in [-0.25, -0.2) is 0 Å². The van der Waals surface area contributed by atoms with E-state index in [4.69, 9.17) is 0 Å². The molecular weight excluding hydrogens is 269 g/mol. The molecule has 3 nitrogen and oxygen atoms in total. The van der Waals surface area contributed by atoms with Crippen LogP contribution in [0.3, 0.4) is 0 Å². The summed E-state index contributed by atoms with van der Waals surface area (Å²) >= 11 is 0.443. The van der Waals surface area contributed by atoms with Gasteiger partial charge in [0.2, 0.25) is 0 Å². The summed E-state index contributed by atoms with van der Waals surface area (Å²) in [6.07, 6.45) is 0. The number of nitro groups is 1. The van der Waals surface area contributed by atoms with E-state index in [1.165, 1.54) is 24.3 Å². The van der Waals surface area contributed by atoms with Crippen molar-refractivity contribution in [2.75, 3.05) is 5.65 Å². The summed E-state index contributed by atoms with van der Waals surface area (Å²) in [4.78, 5) is 9.82. The van der Waals surface area contributed by atoms with Gasteiger partial charge in [0.1, 0.15) is 0 Å². The van der Waals surface area contributed by atoms with Gasteiger partial charge in [-0.2, -0.15) is 0 Å². The fraction of sp³-hybridized carbons (Fsp3) is 0.143. The van der Waals surface area contributed by atoms with Crippen LogP contribution in [0.2, 0.25) is 0 Å². The smallest absolute Gasteiger partial charge is 0.448 e. The average molecular weight is 275 g/mol. The second-order valence-electron chi connectivity index (χ2n) is 2.75. The van der Waals surface area contributed by atoms with Crippen LogP contribution in [-0.4, -0.2) is 17.6 Å².